The molecule has 2 bridgehead atoms. The molecule has 5 heteroatoms. The molecule has 11 heavy (non-hydrogen) atoms. The van der Waals surface area contributed by atoms with Crippen molar-refractivity contribution in [3.8, 4) is 0 Å². The first kappa shape index (κ1) is 6.33. The molecule has 0 aromatic rings. The molecule has 5 nitrogen and oxygen atoms in total. The van der Waals surface area contributed by atoms with Crippen LogP contribution in [0.15, 0.2) is 0 Å². The van der Waals surface area contributed by atoms with Crippen LogP contribution in [0.25, 0.3) is 0 Å². The highest BCUT2D eigenvalue weighted by Crippen LogP contribution is 2.27. The van der Waals surface area contributed by atoms with E-state index in [1.54, 1.807) is 0 Å². The van der Waals surface area contributed by atoms with Crippen LogP contribution >= 0.6 is 0 Å². The van der Waals surface area contributed by atoms with Gasteiger partial charge in [0, 0.05) is 0 Å². The molecule has 0 saturated carbocycles. The van der Waals surface area contributed by atoms with Gasteiger partial charge in [-0.2, -0.15) is 0 Å². The molecule has 0 radical (unpaired) electrons. The zero-order chi connectivity index (χ0) is 8.93. The Morgan fingerprint density at radius 2 is 1.91 bits per heavy atom. The molecule has 2 saturated heterocycles. The summed E-state index contributed by atoms with van der Waals surface area (Å²) in [7, 11) is 0. The van der Waals surface area contributed by atoms with Crippen molar-refractivity contribution in [1.29, 1.82) is 0 Å². The molecule has 0 spiro atoms. The average molecular weight is 163 g/mol. The molecule has 2 rings (SSSR count). The van der Waals surface area contributed by atoms with Crippen LogP contribution in [0.4, 0.5) is 0 Å². The second kappa shape index (κ2) is 2.40. The fraction of sp³-hybridized carbons (Fsp3) is 1.00. The minimum Gasteiger partial charge on any atom is -0.387 e. The molecule has 0 aromatic heterocycles. The zero-order valence-electron chi connectivity index (χ0n) is 6.67. The number of ether oxygens (including phenoxy) is 2. The fourth-order valence-electron chi connectivity index (χ4n) is 1.25. The number of aliphatic hydroxyl groups is 3. The van der Waals surface area contributed by atoms with Crippen molar-refractivity contribution in [2.45, 2.75) is 30.7 Å². The lowest BCUT2D eigenvalue weighted by Crippen LogP contribution is -2.53. The van der Waals surface area contributed by atoms with Crippen LogP contribution in [0.2, 0.25) is 0 Å². The Hall–Kier alpha value is -0.200. The summed E-state index contributed by atoms with van der Waals surface area (Å²) in [5, 5.41) is 27.7. The Morgan fingerprint density at radius 1 is 1.18 bits per heavy atom. The summed E-state index contributed by atoms with van der Waals surface area (Å²) in [6.07, 6.45) is -6.68. The van der Waals surface area contributed by atoms with Crippen LogP contribution in [0.1, 0.15) is 1.37 Å². The first-order valence-corrected chi connectivity index (χ1v) is 3.40. The van der Waals surface area contributed by atoms with E-state index in [2.05, 4.69) is 0 Å². The fourth-order valence-corrected chi connectivity index (χ4v) is 1.25. The maximum absolute atomic E-state index is 9.25. The summed E-state index contributed by atoms with van der Waals surface area (Å²) in [5.74, 6) is 0. The quantitative estimate of drug-likeness (QED) is 0.378. The van der Waals surface area contributed by atoms with E-state index in [-0.39, 0.29) is 6.61 Å². The molecule has 0 aromatic carbocycles. The summed E-state index contributed by atoms with van der Waals surface area (Å²) < 4.78 is 17.0. The van der Waals surface area contributed by atoms with Crippen LogP contribution < -0.4 is 0 Å². The molecule has 2 heterocycles. The monoisotopic (exact) mass is 163 g/mol. The van der Waals surface area contributed by atoms with Gasteiger partial charge in [-0.3, -0.25) is 0 Å². The second-order valence-corrected chi connectivity index (χ2v) is 2.71. The molecule has 3 N–H and O–H groups in total. The lowest BCUT2D eigenvalue weighted by Gasteiger charge is -2.32. The smallest absolute Gasteiger partial charge is 0.186 e. The van der Waals surface area contributed by atoms with Crippen LogP contribution in [0.3, 0.4) is 0 Å². The van der Waals surface area contributed by atoms with Crippen molar-refractivity contribution in [2.24, 2.45) is 0 Å². The number of rotatable bonds is 0. The van der Waals surface area contributed by atoms with Gasteiger partial charge in [0.2, 0.25) is 0 Å². The van der Waals surface area contributed by atoms with E-state index >= 15 is 0 Å². The lowest BCUT2D eigenvalue weighted by molar-refractivity contribution is -0.228. The van der Waals surface area contributed by atoms with Crippen molar-refractivity contribution in [2.75, 3.05) is 6.61 Å². The molecule has 2 fully saturated rings. The molecular weight excluding hydrogens is 152 g/mol. The van der Waals surface area contributed by atoms with E-state index < -0.39 is 30.7 Å². The third-order valence-corrected chi connectivity index (χ3v) is 1.95. The van der Waals surface area contributed by atoms with E-state index in [1.807, 2.05) is 0 Å². The van der Waals surface area contributed by atoms with Crippen molar-refractivity contribution in [3.63, 3.8) is 0 Å². The van der Waals surface area contributed by atoms with Crippen molar-refractivity contribution in [3.05, 3.63) is 0 Å². The van der Waals surface area contributed by atoms with Crippen LogP contribution in [-0.2, 0) is 9.47 Å². The minimum absolute atomic E-state index is 0.0266. The molecule has 5 atom stereocenters. The summed E-state index contributed by atoms with van der Waals surface area (Å²) in [4.78, 5) is 0. The largest absolute Gasteiger partial charge is 0.387 e. The van der Waals surface area contributed by atoms with Crippen LogP contribution in [0.5, 0.6) is 0 Å². The molecular formula is C6H10O5. The molecule has 0 aliphatic carbocycles. The summed E-state index contributed by atoms with van der Waals surface area (Å²) in [5.41, 5.74) is 0. The van der Waals surface area contributed by atoms with Gasteiger partial charge in [0.1, 0.15) is 24.4 Å². The van der Waals surface area contributed by atoms with Crippen molar-refractivity contribution in [1.82, 2.24) is 0 Å². The molecule has 2 aliphatic heterocycles. The predicted octanol–water partition coefficient (Wildman–Crippen LogP) is -2.18. The maximum atomic E-state index is 9.25. The highest BCUT2D eigenvalue weighted by atomic mass is 16.7. The standard InChI is InChI=1S/C6H10O5/c7-3-2-1-10-6(11-2)5(9)4(3)8/h2-9H,1H2/t2-,3-,4+,5-,6-/m1/s1/i6D. The molecule has 64 valence electrons. The number of hydrogen-bond donors (Lipinski definition) is 3. The van der Waals surface area contributed by atoms with Gasteiger partial charge in [0.05, 0.1) is 7.98 Å². The third-order valence-electron chi connectivity index (χ3n) is 1.95. The molecule has 0 amide bonds. The van der Waals surface area contributed by atoms with Gasteiger partial charge in [0.15, 0.2) is 6.27 Å². The third kappa shape index (κ3) is 0.969. The Labute approximate surface area is 64.6 Å². The summed E-state index contributed by atoms with van der Waals surface area (Å²) in [6.45, 7) is 0.0266. The van der Waals surface area contributed by atoms with Gasteiger partial charge in [-0.15, -0.1) is 0 Å². The van der Waals surface area contributed by atoms with Gasteiger partial charge in [0.25, 0.3) is 0 Å². The average Bonchev–Trinajstić information content (AvgIpc) is 2.41. The van der Waals surface area contributed by atoms with Crippen molar-refractivity contribution < 1.29 is 26.2 Å². The maximum Gasteiger partial charge on any atom is 0.186 e. The number of aliphatic hydroxyl groups excluding tert-OH is 3. The molecule has 0 unspecified atom stereocenters. The second-order valence-electron chi connectivity index (χ2n) is 2.71. The van der Waals surface area contributed by atoms with E-state index in [9.17, 15) is 15.3 Å². The van der Waals surface area contributed by atoms with Crippen LogP contribution in [-0.4, -0.2) is 52.6 Å². The SMILES string of the molecule is [2H][C@@]12OC[C@@H](O1)[C@@H](O)[C@H](O)[C@H]2O. The Morgan fingerprint density at radius 3 is 2.64 bits per heavy atom. The Bertz CT molecular complexity index is 200. The van der Waals surface area contributed by atoms with Gasteiger partial charge in [-0.1, -0.05) is 0 Å². The topological polar surface area (TPSA) is 79.2 Å². The molecule has 2 aliphatic rings. The first-order chi connectivity index (χ1) is 5.54. The van der Waals surface area contributed by atoms with Gasteiger partial charge >= 0.3 is 0 Å². The Balaban J connectivity index is 2.25. The zero-order valence-corrected chi connectivity index (χ0v) is 5.67. The van der Waals surface area contributed by atoms with E-state index in [1.165, 1.54) is 0 Å². The first-order valence-electron chi connectivity index (χ1n) is 3.90. The number of hydrogen-bond acceptors (Lipinski definition) is 5. The van der Waals surface area contributed by atoms with E-state index in [0.29, 0.717) is 0 Å². The van der Waals surface area contributed by atoms with Gasteiger partial charge in [-0.25, -0.2) is 0 Å². The van der Waals surface area contributed by atoms with Gasteiger partial charge < -0.3 is 24.8 Å². The normalized spacial score (nSPS) is 64.5. The number of fused-ring (bicyclic) bond motifs is 2. The summed E-state index contributed by atoms with van der Waals surface area (Å²) in [6, 6.07) is 0. The lowest BCUT2D eigenvalue weighted by atomic mass is 10.0. The Kier molecular flexibility index (Phi) is 1.38. The predicted molar refractivity (Wildman–Crippen MR) is 32.6 cm³/mol. The highest BCUT2D eigenvalue weighted by molar-refractivity contribution is 4.92. The van der Waals surface area contributed by atoms with E-state index in [4.69, 9.17) is 10.8 Å². The van der Waals surface area contributed by atoms with E-state index in [0.717, 1.165) is 0 Å². The van der Waals surface area contributed by atoms with Crippen molar-refractivity contribution >= 4 is 0 Å². The van der Waals surface area contributed by atoms with Gasteiger partial charge in [-0.05, 0) is 0 Å². The van der Waals surface area contributed by atoms with Crippen LogP contribution in [0, 0.1) is 0 Å². The highest BCUT2D eigenvalue weighted by Gasteiger charge is 2.48. The minimum atomic E-state index is -1.90. The summed E-state index contributed by atoms with van der Waals surface area (Å²) >= 11 is 0.